The lowest BCUT2D eigenvalue weighted by Gasteiger charge is -2.32. The Morgan fingerprint density at radius 2 is 1.90 bits per heavy atom. The van der Waals surface area contributed by atoms with Crippen molar-refractivity contribution in [3.63, 3.8) is 0 Å². The average Bonchev–Trinajstić information content (AvgIpc) is 3.18. The minimum absolute atomic E-state index is 0. The van der Waals surface area contributed by atoms with E-state index in [4.69, 9.17) is 0 Å². The van der Waals surface area contributed by atoms with E-state index in [-0.39, 0.29) is 24.0 Å². The molecule has 8 heteroatoms. The van der Waals surface area contributed by atoms with E-state index < -0.39 is 0 Å². The number of hydrogen-bond donors (Lipinski definition) is 2. The number of unbranched alkanes of at least 4 members (excludes halogenated alkanes) is 1. The van der Waals surface area contributed by atoms with Gasteiger partial charge in [0.15, 0.2) is 5.96 Å². The second kappa shape index (κ2) is 14.4. The third kappa shape index (κ3) is 9.14. The molecule has 0 bridgehead atoms. The molecule has 2 N–H and O–H groups in total. The van der Waals surface area contributed by atoms with Crippen molar-refractivity contribution in [3.05, 3.63) is 48.0 Å². The Kier molecular flexibility index (Phi) is 11.9. The number of aromatic nitrogens is 3. The van der Waals surface area contributed by atoms with E-state index in [1.807, 2.05) is 7.05 Å². The molecular weight excluding hydrogens is 501 g/mol. The van der Waals surface area contributed by atoms with Gasteiger partial charge >= 0.3 is 0 Å². The van der Waals surface area contributed by atoms with E-state index in [1.54, 1.807) is 11.0 Å². The molecule has 1 aromatic carbocycles. The van der Waals surface area contributed by atoms with Crippen molar-refractivity contribution in [2.45, 2.75) is 45.6 Å². The number of likely N-dealkylation sites (tertiary alicyclic amines) is 1. The highest BCUT2D eigenvalue weighted by atomic mass is 127. The van der Waals surface area contributed by atoms with Crippen molar-refractivity contribution < 1.29 is 0 Å². The van der Waals surface area contributed by atoms with Crippen LogP contribution in [0.3, 0.4) is 0 Å². The van der Waals surface area contributed by atoms with Crippen LogP contribution in [0.15, 0.2) is 41.7 Å². The summed E-state index contributed by atoms with van der Waals surface area (Å²) in [5.74, 6) is 2.56. The van der Waals surface area contributed by atoms with Crippen molar-refractivity contribution in [2.75, 3.05) is 32.7 Å². The Labute approximate surface area is 204 Å². The molecule has 1 fully saturated rings. The molecule has 2 heterocycles. The van der Waals surface area contributed by atoms with Crippen molar-refractivity contribution in [2.24, 2.45) is 18.0 Å². The van der Waals surface area contributed by atoms with Crippen LogP contribution in [0.5, 0.6) is 0 Å². The van der Waals surface area contributed by atoms with E-state index in [0.717, 1.165) is 37.2 Å². The molecule has 0 radical (unpaired) electrons. The smallest absolute Gasteiger partial charge is 0.191 e. The molecule has 172 valence electrons. The molecule has 1 aromatic heterocycles. The summed E-state index contributed by atoms with van der Waals surface area (Å²) in [7, 11) is 1.89. The molecule has 0 unspecified atom stereocenters. The van der Waals surface area contributed by atoms with Crippen LogP contribution in [0.1, 0.15) is 44.0 Å². The van der Waals surface area contributed by atoms with Crippen molar-refractivity contribution in [1.29, 1.82) is 0 Å². The summed E-state index contributed by atoms with van der Waals surface area (Å²) in [5, 5.41) is 10.8. The number of nitrogens with zero attached hydrogens (tertiary/aromatic N) is 5. The van der Waals surface area contributed by atoms with E-state index in [2.05, 4.69) is 67.9 Å². The van der Waals surface area contributed by atoms with Crippen LogP contribution < -0.4 is 10.6 Å². The fraction of sp³-hybridized carbons (Fsp3) is 0.609. The molecule has 2 aromatic rings. The Morgan fingerprint density at radius 1 is 1.13 bits per heavy atom. The van der Waals surface area contributed by atoms with Crippen LogP contribution in [-0.4, -0.2) is 58.3 Å². The number of guanidine groups is 1. The molecule has 1 aliphatic rings. The first-order chi connectivity index (χ1) is 14.7. The van der Waals surface area contributed by atoms with Gasteiger partial charge < -0.3 is 15.5 Å². The first-order valence-electron chi connectivity index (χ1n) is 11.4. The predicted octanol–water partition coefficient (Wildman–Crippen LogP) is 3.22. The molecular formula is C23H38IN7. The van der Waals surface area contributed by atoms with Crippen molar-refractivity contribution >= 4 is 29.9 Å². The van der Waals surface area contributed by atoms with Gasteiger partial charge in [-0.15, -0.1) is 24.0 Å². The summed E-state index contributed by atoms with van der Waals surface area (Å²) < 4.78 is 1.76. The number of rotatable bonds is 10. The Morgan fingerprint density at radius 3 is 2.58 bits per heavy atom. The van der Waals surface area contributed by atoms with Gasteiger partial charge in [-0.3, -0.25) is 4.68 Å². The molecule has 0 amide bonds. The van der Waals surface area contributed by atoms with Gasteiger partial charge in [0, 0.05) is 20.1 Å². The highest BCUT2D eigenvalue weighted by Crippen LogP contribution is 2.21. The number of aliphatic imine (C=N–C) groups is 1. The molecule has 31 heavy (non-hydrogen) atoms. The molecule has 0 atom stereocenters. The van der Waals surface area contributed by atoms with Crippen molar-refractivity contribution in [3.8, 4) is 0 Å². The van der Waals surface area contributed by atoms with Crippen LogP contribution in [0.2, 0.25) is 0 Å². The molecule has 3 rings (SSSR count). The van der Waals surface area contributed by atoms with Gasteiger partial charge in [0.1, 0.15) is 18.7 Å². The van der Waals surface area contributed by atoms with Crippen LogP contribution in [0.4, 0.5) is 0 Å². The molecule has 0 aliphatic carbocycles. The summed E-state index contributed by atoms with van der Waals surface area (Å²) in [6, 6.07) is 10.9. The Hall–Kier alpha value is -1.68. The lowest BCUT2D eigenvalue weighted by atomic mass is 9.90. The monoisotopic (exact) mass is 539 g/mol. The first kappa shape index (κ1) is 25.6. The summed E-state index contributed by atoms with van der Waals surface area (Å²) in [6.45, 7) is 8.09. The first-order valence-corrected chi connectivity index (χ1v) is 11.4. The summed E-state index contributed by atoms with van der Waals surface area (Å²) in [6.07, 6.45) is 7.82. The third-order valence-electron chi connectivity index (χ3n) is 5.80. The van der Waals surface area contributed by atoms with Crippen molar-refractivity contribution in [1.82, 2.24) is 30.3 Å². The zero-order valence-corrected chi connectivity index (χ0v) is 21.3. The fourth-order valence-electron chi connectivity index (χ4n) is 3.98. The largest absolute Gasteiger partial charge is 0.357 e. The maximum absolute atomic E-state index is 4.61. The average molecular weight is 540 g/mol. The van der Waals surface area contributed by atoms with Gasteiger partial charge in [-0.25, -0.2) is 9.98 Å². The SMILES string of the molecule is CCNC(=NCc1ncnn1C)NCCCCN1CCC(Cc2ccccc2)CC1.I. The highest BCUT2D eigenvalue weighted by molar-refractivity contribution is 14.0. The zero-order valence-electron chi connectivity index (χ0n) is 19.0. The Bertz CT molecular complexity index is 754. The summed E-state index contributed by atoms with van der Waals surface area (Å²) in [5.41, 5.74) is 1.49. The number of nitrogens with one attached hydrogen (secondary N) is 2. The standard InChI is InChI=1S/C23H37N7.HI/c1-3-24-23(26-18-22-27-19-28-29(22)2)25-13-7-8-14-30-15-11-21(12-16-30)17-20-9-5-4-6-10-20;/h4-6,9-10,19,21H,3,7-8,11-18H2,1-2H3,(H2,24,25,26);1H. The topological polar surface area (TPSA) is 70.4 Å². The van der Waals surface area contributed by atoms with Crippen LogP contribution >= 0.6 is 24.0 Å². The zero-order chi connectivity index (χ0) is 21.0. The minimum Gasteiger partial charge on any atom is -0.357 e. The molecule has 0 saturated carbocycles. The quantitative estimate of drug-likeness (QED) is 0.210. The van der Waals surface area contributed by atoms with Gasteiger partial charge in [-0.05, 0) is 70.1 Å². The van der Waals surface area contributed by atoms with Crippen LogP contribution in [0, 0.1) is 5.92 Å². The number of piperidine rings is 1. The van der Waals surface area contributed by atoms with E-state index >= 15 is 0 Å². The minimum atomic E-state index is 0. The lowest BCUT2D eigenvalue weighted by molar-refractivity contribution is 0.181. The number of halogens is 1. The number of hydrogen-bond acceptors (Lipinski definition) is 4. The maximum Gasteiger partial charge on any atom is 0.191 e. The van der Waals surface area contributed by atoms with E-state index in [1.165, 1.54) is 50.9 Å². The second-order valence-electron chi connectivity index (χ2n) is 8.10. The number of benzene rings is 1. The summed E-state index contributed by atoms with van der Waals surface area (Å²) in [4.78, 5) is 11.5. The molecule has 1 aliphatic heterocycles. The van der Waals surface area contributed by atoms with Gasteiger partial charge in [-0.2, -0.15) is 5.10 Å². The summed E-state index contributed by atoms with van der Waals surface area (Å²) >= 11 is 0. The highest BCUT2D eigenvalue weighted by Gasteiger charge is 2.18. The molecule has 0 spiro atoms. The van der Waals surface area contributed by atoms with Gasteiger partial charge in [0.25, 0.3) is 0 Å². The van der Waals surface area contributed by atoms with Gasteiger partial charge in [-0.1, -0.05) is 30.3 Å². The molecule has 7 nitrogen and oxygen atoms in total. The second-order valence-corrected chi connectivity index (χ2v) is 8.10. The normalized spacial score (nSPS) is 15.5. The fourth-order valence-corrected chi connectivity index (χ4v) is 3.98. The lowest BCUT2D eigenvalue weighted by Crippen LogP contribution is -2.38. The van der Waals surface area contributed by atoms with Gasteiger partial charge in [0.05, 0.1) is 0 Å². The third-order valence-corrected chi connectivity index (χ3v) is 5.80. The van der Waals surface area contributed by atoms with Crippen LogP contribution in [-0.2, 0) is 20.0 Å². The Balaban J connectivity index is 0.00000341. The molecule has 1 saturated heterocycles. The van der Waals surface area contributed by atoms with E-state index in [0.29, 0.717) is 6.54 Å². The van der Waals surface area contributed by atoms with E-state index in [9.17, 15) is 0 Å². The number of aryl methyl sites for hydroxylation is 1. The van der Waals surface area contributed by atoms with Gasteiger partial charge in [0.2, 0.25) is 0 Å². The van der Waals surface area contributed by atoms with Crippen LogP contribution in [0.25, 0.3) is 0 Å². The predicted molar refractivity (Wildman–Crippen MR) is 138 cm³/mol. The maximum atomic E-state index is 4.61.